The second-order valence-electron chi connectivity index (χ2n) is 9.04. The Morgan fingerprint density at radius 3 is 2.58 bits per heavy atom. The van der Waals surface area contributed by atoms with Gasteiger partial charge in [-0.1, -0.05) is 0 Å². The number of nitrogens with zero attached hydrogens (tertiary/aromatic N) is 2. The number of carbonyl (C=O) groups excluding carboxylic acids is 2. The van der Waals surface area contributed by atoms with Gasteiger partial charge in [0.15, 0.2) is 11.6 Å². The normalized spacial score (nSPS) is 15.4. The SMILES string of the molecule is Cc1cc(OCCCC2CCN(C(N)=NC(=O)C(C)(C)F)CC2)ccc1C(=O)NCCCN. The number of ether oxygens (including phenoxy) is 1. The van der Waals surface area contributed by atoms with Crippen LogP contribution in [-0.4, -0.2) is 61.1 Å². The summed E-state index contributed by atoms with van der Waals surface area (Å²) >= 11 is 0. The van der Waals surface area contributed by atoms with E-state index in [1.807, 2.05) is 24.0 Å². The van der Waals surface area contributed by atoms with Crippen molar-refractivity contribution in [2.24, 2.45) is 22.4 Å². The summed E-state index contributed by atoms with van der Waals surface area (Å²) in [6.45, 7) is 7.38. The number of amides is 2. The van der Waals surface area contributed by atoms with Crippen LogP contribution in [0.1, 0.15) is 61.9 Å². The number of piperidine rings is 1. The second-order valence-corrected chi connectivity index (χ2v) is 9.04. The number of likely N-dealkylation sites (tertiary alicyclic amines) is 1. The number of nitrogens with one attached hydrogen (secondary N) is 1. The van der Waals surface area contributed by atoms with Gasteiger partial charge in [0, 0.05) is 25.2 Å². The van der Waals surface area contributed by atoms with E-state index in [0.717, 1.165) is 43.4 Å². The maximum absolute atomic E-state index is 13.6. The minimum atomic E-state index is -2.02. The van der Waals surface area contributed by atoms with Crippen LogP contribution in [0, 0.1) is 12.8 Å². The molecule has 0 saturated carbocycles. The van der Waals surface area contributed by atoms with Crippen molar-refractivity contribution in [1.29, 1.82) is 0 Å². The molecule has 1 saturated heterocycles. The molecule has 1 fully saturated rings. The van der Waals surface area contributed by atoms with E-state index >= 15 is 0 Å². The summed E-state index contributed by atoms with van der Waals surface area (Å²) in [6.07, 6.45) is 4.58. The van der Waals surface area contributed by atoms with Crippen LogP contribution in [0.25, 0.3) is 0 Å². The zero-order chi connectivity index (χ0) is 24.4. The Morgan fingerprint density at radius 2 is 1.97 bits per heavy atom. The van der Waals surface area contributed by atoms with E-state index in [2.05, 4.69) is 10.3 Å². The molecule has 9 heteroatoms. The molecule has 0 bridgehead atoms. The molecule has 0 aromatic heterocycles. The number of benzene rings is 1. The minimum absolute atomic E-state index is 0.0951. The van der Waals surface area contributed by atoms with Gasteiger partial charge in [0.1, 0.15) is 5.75 Å². The van der Waals surface area contributed by atoms with Crippen LogP contribution >= 0.6 is 0 Å². The molecular formula is C24H38FN5O3. The molecule has 184 valence electrons. The van der Waals surface area contributed by atoms with Crippen molar-refractivity contribution in [3.05, 3.63) is 29.3 Å². The molecule has 33 heavy (non-hydrogen) atoms. The number of aryl methyl sites for hydroxylation is 1. The largest absolute Gasteiger partial charge is 0.494 e. The summed E-state index contributed by atoms with van der Waals surface area (Å²) in [7, 11) is 0. The molecule has 0 spiro atoms. The fourth-order valence-corrected chi connectivity index (χ4v) is 3.70. The Labute approximate surface area is 195 Å². The average molecular weight is 464 g/mol. The van der Waals surface area contributed by atoms with Gasteiger partial charge in [-0.3, -0.25) is 9.59 Å². The number of rotatable bonds is 10. The van der Waals surface area contributed by atoms with E-state index in [1.54, 1.807) is 6.07 Å². The molecule has 1 aliphatic rings. The number of alkyl halides is 1. The zero-order valence-corrected chi connectivity index (χ0v) is 20.0. The van der Waals surface area contributed by atoms with Gasteiger partial charge in [0.25, 0.3) is 11.8 Å². The predicted molar refractivity (Wildman–Crippen MR) is 128 cm³/mol. The maximum atomic E-state index is 13.6. The first-order valence-corrected chi connectivity index (χ1v) is 11.7. The highest BCUT2D eigenvalue weighted by Crippen LogP contribution is 2.23. The molecule has 2 amide bonds. The van der Waals surface area contributed by atoms with E-state index in [-0.39, 0.29) is 11.9 Å². The Hall–Kier alpha value is -2.68. The van der Waals surface area contributed by atoms with Gasteiger partial charge in [-0.05, 0) is 89.1 Å². The van der Waals surface area contributed by atoms with Crippen LogP contribution in [-0.2, 0) is 4.79 Å². The number of halogens is 1. The van der Waals surface area contributed by atoms with Gasteiger partial charge in [-0.2, -0.15) is 4.99 Å². The molecule has 0 radical (unpaired) electrons. The topological polar surface area (TPSA) is 123 Å². The summed E-state index contributed by atoms with van der Waals surface area (Å²) in [4.78, 5) is 29.4. The molecule has 1 aromatic carbocycles. The van der Waals surface area contributed by atoms with Gasteiger partial charge in [-0.15, -0.1) is 0 Å². The van der Waals surface area contributed by atoms with Gasteiger partial charge >= 0.3 is 0 Å². The highest BCUT2D eigenvalue weighted by atomic mass is 19.1. The number of hydrogen-bond donors (Lipinski definition) is 3. The van der Waals surface area contributed by atoms with Crippen LogP contribution in [0.4, 0.5) is 4.39 Å². The van der Waals surface area contributed by atoms with Crippen molar-refractivity contribution in [3.63, 3.8) is 0 Å². The van der Waals surface area contributed by atoms with E-state index in [1.165, 1.54) is 13.8 Å². The smallest absolute Gasteiger partial charge is 0.285 e. The Morgan fingerprint density at radius 1 is 1.27 bits per heavy atom. The van der Waals surface area contributed by atoms with E-state index in [4.69, 9.17) is 16.2 Å². The van der Waals surface area contributed by atoms with Crippen LogP contribution < -0.4 is 21.5 Å². The lowest BCUT2D eigenvalue weighted by atomic mass is 9.92. The van der Waals surface area contributed by atoms with E-state index in [9.17, 15) is 14.0 Å². The molecule has 1 aliphatic heterocycles. The molecular weight excluding hydrogens is 425 g/mol. The lowest BCUT2D eigenvalue weighted by Crippen LogP contribution is -2.44. The lowest BCUT2D eigenvalue weighted by molar-refractivity contribution is -0.127. The molecule has 2 rings (SSSR count). The molecule has 0 atom stereocenters. The predicted octanol–water partition coefficient (Wildman–Crippen LogP) is 2.53. The third-order valence-electron chi connectivity index (χ3n) is 5.80. The standard InChI is InChI=1S/C24H38FN5O3/c1-17-16-19(7-8-20(17)21(31)28-12-5-11-26)33-15-4-6-18-9-13-30(14-10-18)23(27)29-22(32)24(2,3)25/h7-8,16,18H,4-6,9-15,26H2,1-3H3,(H,28,31)(H2,27,29,32). The Balaban J connectivity index is 1.70. The van der Waals surface area contributed by atoms with Gasteiger partial charge in [-0.25, -0.2) is 4.39 Å². The molecule has 1 heterocycles. The quantitative estimate of drug-likeness (QED) is 0.278. The second kappa shape index (κ2) is 12.5. The first-order chi connectivity index (χ1) is 15.6. The first-order valence-electron chi connectivity index (χ1n) is 11.7. The van der Waals surface area contributed by atoms with Crippen molar-refractivity contribution in [3.8, 4) is 5.75 Å². The van der Waals surface area contributed by atoms with Crippen molar-refractivity contribution in [2.45, 2.75) is 58.5 Å². The van der Waals surface area contributed by atoms with Gasteiger partial charge < -0.3 is 26.4 Å². The summed E-state index contributed by atoms with van der Waals surface area (Å²) in [5.41, 5.74) is 10.8. The fourth-order valence-electron chi connectivity index (χ4n) is 3.70. The number of hydrogen-bond acceptors (Lipinski definition) is 4. The van der Waals surface area contributed by atoms with Crippen molar-refractivity contribution < 1.29 is 18.7 Å². The fraction of sp³-hybridized carbons (Fsp3) is 0.625. The minimum Gasteiger partial charge on any atom is -0.494 e. The van der Waals surface area contributed by atoms with Crippen LogP contribution in [0.3, 0.4) is 0 Å². The number of aliphatic imine (C=N–C) groups is 1. The van der Waals surface area contributed by atoms with Crippen LogP contribution in [0.5, 0.6) is 5.75 Å². The average Bonchev–Trinajstić information content (AvgIpc) is 2.76. The number of carbonyl (C=O) groups is 2. The molecule has 8 nitrogen and oxygen atoms in total. The van der Waals surface area contributed by atoms with Gasteiger partial charge in [0.05, 0.1) is 6.61 Å². The van der Waals surface area contributed by atoms with Crippen molar-refractivity contribution in [2.75, 3.05) is 32.8 Å². The lowest BCUT2D eigenvalue weighted by Gasteiger charge is -2.32. The Kier molecular flexibility index (Phi) is 10.1. The third kappa shape index (κ3) is 8.64. The summed E-state index contributed by atoms with van der Waals surface area (Å²) in [5, 5.41) is 2.86. The van der Waals surface area contributed by atoms with Gasteiger partial charge in [0.2, 0.25) is 0 Å². The number of nitrogens with two attached hydrogens (primary N) is 2. The first kappa shape index (κ1) is 26.6. The Bertz CT molecular complexity index is 830. The van der Waals surface area contributed by atoms with E-state index < -0.39 is 11.6 Å². The monoisotopic (exact) mass is 463 g/mol. The summed E-state index contributed by atoms with van der Waals surface area (Å²) in [6, 6.07) is 5.50. The number of guanidine groups is 1. The summed E-state index contributed by atoms with van der Waals surface area (Å²) in [5.74, 6) is 0.453. The third-order valence-corrected chi connectivity index (χ3v) is 5.80. The molecule has 1 aromatic rings. The van der Waals surface area contributed by atoms with Crippen LogP contribution in [0.15, 0.2) is 23.2 Å². The summed E-state index contributed by atoms with van der Waals surface area (Å²) < 4.78 is 19.5. The van der Waals surface area contributed by atoms with E-state index in [0.29, 0.717) is 44.3 Å². The van der Waals surface area contributed by atoms with Crippen molar-refractivity contribution >= 4 is 17.8 Å². The van der Waals surface area contributed by atoms with Crippen molar-refractivity contribution in [1.82, 2.24) is 10.2 Å². The molecule has 0 aliphatic carbocycles. The molecule has 0 unspecified atom stereocenters. The highest BCUT2D eigenvalue weighted by Gasteiger charge is 2.28. The maximum Gasteiger partial charge on any atom is 0.285 e. The highest BCUT2D eigenvalue weighted by molar-refractivity contribution is 5.96. The van der Waals surface area contributed by atoms with Crippen LogP contribution in [0.2, 0.25) is 0 Å². The molecule has 5 N–H and O–H groups in total. The zero-order valence-electron chi connectivity index (χ0n) is 20.0.